The lowest BCUT2D eigenvalue weighted by Crippen LogP contribution is -2.45. The van der Waals surface area contributed by atoms with E-state index in [1.54, 1.807) is 0 Å². The van der Waals surface area contributed by atoms with E-state index in [0.717, 1.165) is 0 Å². The molecule has 0 amide bonds. The first-order valence-electron chi connectivity index (χ1n) is 9.14. The summed E-state index contributed by atoms with van der Waals surface area (Å²) in [5.41, 5.74) is -8.21. The van der Waals surface area contributed by atoms with Crippen molar-refractivity contribution in [1.29, 1.82) is 0 Å². The molecule has 0 saturated heterocycles. The molecule has 0 heterocycles. The lowest BCUT2D eigenvalue weighted by atomic mass is 10.0. The predicted molar refractivity (Wildman–Crippen MR) is 89.8 cm³/mol. The molecule has 0 spiro atoms. The van der Waals surface area contributed by atoms with Gasteiger partial charge < -0.3 is 14.3 Å². The van der Waals surface area contributed by atoms with Gasteiger partial charge in [-0.05, 0) is 0 Å². The first-order chi connectivity index (χ1) is 17.8. The summed E-state index contributed by atoms with van der Waals surface area (Å²) in [6.45, 7) is 0. The molecule has 0 aliphatic carbocycles. The Balaban J connectivity index is 2.09. The number of rotatable bonds is 5. The van der Waals surface area contributed by atoms with Crippen molar-refractivity contribution in [3.63, 3.8) is 0 Å². The third kappa shape index (κ3) is 4.76. The van der Waals surface area contributed by atoms with Gasteiger partial charge in [0, 0.05) is 0 Å². The van der Waals surface area contributed by atoms with Crippen LogP contribution < -0.4 is 14.3 Å². The zero-order valence-electron chi connectivity index (χ0n) is 17.3. The Labute approximate surface area is 203 Å². The van der Waals surface area contributed by atoms with Crippen molar-refractivity contribution in [2.45, 2.75) is 6.18 Å². The minimum Gasteiger partial charge on any atom is -0.808 e. The van der Waals surface area contributed by atoms with Crippen LogP contribution in [0.15, 0.2) is 0 Å². The molecule has 3 nitrogen and oxygen atoms in total. The number of halogens is 16. The molecular weight excluding hydrogens is 591 g/mol. The fourth-order valence-corrected chi connectivity index (χ4v) is 2.94. The number of hydrogen-bond donors (Lipinski definition) is 0. The lowest BCUT2D eigenvalue weighted by Gasteiger charge is -2.23. The maximum absolute atomic E-state index is 14.4. The topological polar surface area (TPSA) is 41.5 Å². The average Bonchev–Trinajstić information content (AvgIpc) is 2.85. The van der Waals surface area contributed by atoms with Crippen molar-refractivity contribution in [2.24, 2.45) is 0 Å². The van der Waals surface area contributed by atoms with E-state index in [4.69, 9.17) is 0 Å². The molecule has 39 heavy (non-hydrogen) atoms. The van der Waals surface area contributed by atoms with Gasteiger partial charge in [-0.1, -0.05) is 0 Å². The fourth-order valence-electron chi connectivity index (χ4n) is 2.94. The number of alkyl halides is 3. The summed E-state index contributed by atoms with van der Waals surface area (Å²) in [5, 5.41) is 11.7. The van der Waals surface area contributed by atoms with Crippen LogP contribution in [0.5, 0.6) is 11.5 Å². The molecule has 0 radical (unpaired) electrons. The molecule has 20 heteroatoms. The van der Waals surface area contributed by atoms with Crippen LogP contribution in [0.3, 0.4) is 0 Å². The van der Waals surface area contributed by atoms with Gasteiger partial charge in [0.05, 0.1) is 11.1 Å². The first kappa shape index (κ1) is 29.7. The molecule has 0 saturated carbocycles. The first-order valence-corrected chi connectivity index (χ1v) is 9.14. The smallest absolute Gasteiger partial charge is 0.492 e. The van der Waals surface area contributed by atoms with Crippen molar-refractivity contribution >= 4 is 7.32 Å². The van der Waals surface area contributed by atoms with Gasteiger partial charge in [-0.15, -0.1) is 0 Å². The molecular formula is C19BF16O3-. The Kier molecular flexibility index (Phi) is 7.65. The molecule has 0 aliphatic rings. The molecule has 3 rings (SSSR count). The summed E-state index contributed by atoms with van der Waals surface area (Å²) >= 11 is 0. The third-order valence-corrected chi connectivity index (χ3v) is 4.62. The van der Waals surface area contributed by atoms with E-state index < -0.39 is 117 Å². The van der Waals surface area contributed by atoms with Gasteiger partial charge in [-0.2, -0.15) is 30.7 Å². The number of benzene rings is 3. The quantitative estimate of drug-likeness (QED) is 0.159. The molecule has 0 bridgehead atoms. The second-order valence-corrected chi connectivity index (χ2v) is 6.89. The van der Waals surface area contributed by atoms with Crippen LogP contribution in [0, 0.1) is 75.6 Å². The van der Waals surface area contributed by atoms with Crippen LogP contribution in [0.2, 0.25) is 0 Å². The SMILES string of the molecule is [O-]B(Oc1c(F)c(F)c(-c2c(F)c(F)c(F)c(F)c2F)c(F)c1F)Oc1c(F)c(F)c(C(F)(F)F)c(F)c1F. The fraction of sp³-hybridized carbons (Fsp3) is 0.0526. The average molecular weight is 591 g/mol. The van der Waals surface area contributed by atoms with E-state index in [1.165, 1.54) is 0 Å². The van der Waals surface area contributed by atoms with Gasteiger partial charge in [-0.25, -0.2) is 39.5 Å². The molecule has 0 aliphatic heterocycles. The van der Waals surface area contributed by atoms with Crippen LogP contribution in [-0.2, 0) is 6.18 Å². The Morgan fingerprint density at radius 3 is 0.974 bits per heavy atom. The largest absolute Gasteiger partial charge is 0.808 e. The summed E-state index contributed by atoms with van der Waals surface area (Å²) in [6, 6.07) is 0. The van der Waals surface area contributed by atoms with E-state index >= 15 is 0 Å². The van der Waals surface area contributed by atoms with Crippen molar-refractivity contribution in [3.05, 3.63) is 81.2 Å². The van der Waals surface area contributed by atoms with Crippen molar-refractivity contribution in [2.75, 3.05) is 0 Å². The van der Waals surface area contributed by atoms with Crippen LogP contribution >= 0.6 is 0 Å². The Morgan fingerprint density at radius 2 is 0.667 bits per heavy atom. The minimum absolute atomic E-state index is 2.53. The van der Waals surface area contributed by atoms with E-state index in [9.17, 15) is 75.3 Å². The van der Waals surface area contributed by atoms with Gasteiger partial charge in [0.1, 0.15) is 5.56 Å². The zero-order valence-corrected chi connectivity index (χ0v) is 17.3. The highest BCUT2D eigenvalue weighted by molar-refractivity contribution is 6.34. The maximum atomic E-state index is 14.4. The van der Waals surface area contributed by atoms with Gasteiger partial charge >= 0.3 is 13.5 Å². The Bertz CT molecular complexity index is 1420. The highest BCUT2D eigenvalue weighted by atomic mass is 19.4. The Morgan fingerprint density at radius 1 is 0.410 bits per heavy atom. The molecule has 0 fully saturated rings. The van der Waals surface area contributed by atoms with E-state index in [0.29, 0.717) is 0 Å². The molecule has 210 valence electrons. The summed E-state index contributed by atoms with van der Waals surface area (Å²) in [7, 11) is -3.90. The van der Waals surface area contributed by atoms with Crippen LogP contribution in [0.4, 0.5) is 70.2 Å². The van der Waals surface area contributed by atoms with Crippen molar-refractivity contribution in [1.82, 2.24) is 0 Å². The highest BCUT2D eigenvalue weighted by Crippen LogP contribution is 2.41. The van der Waals surface area contributed by atoms with Crippen molar-refractivity contribution < 1.29 is 84.6 Å². The monoisotopic (exact) mass is 591 g/mol. The number of hydrogen-bond acceptors (Lipinski definition) is 3. The van der Waals surface area contributed by atoms with E-state index in [2.05, 4.69) is 9.31 Å². The second kappa shape index (κ2) is 10.0. The predicted octanol–water partition coefficient (Wildman–Crippen LogP) is 5.98. The third-order valence-electron chi connectivity index (χ3n) is 4.62. The summed E-state index contributed by atoms with van der Waals surface area (Å²) in [5.74, 6) is -43.8. The van der Waals surface area contributed by atoms with Gasteiger partial charge in [-0.3, -0.25) is 0 Å². The van der Waals surface area contributed by atoms with Crippen LogP contribution in [0.25, 0.3) is 11.1 Å². The maximum Gasteiger partial charge on any atom is 0.492 e. The standard InChI is InChI=1S/C19BF16O3/c21-4-1(5(22)11(28)12(29)10(4)27)2-6(23)13(30)17(14(31)7(2)24)38-20(37)39-18-15(32)8(25)3(19(34,35)36)9(26)16(18)33/q-1. The molecule has 3 aromatic carbocycles. The van der Waals surface area contributed by atoms with Gasteiger partial charge in [0.2, 0.25) is 29.1 Å². The van der Waals surface area contributed by atoms with Gasteiger partial charge in [0.25, 0.3) is 0 Å². The summed E-state index contributed by atoms with van der Waals surface area (Å²) < 4.78 is 225. The van der Waals surface area contributed by atoms with Crippen molar-refractivity contribution in [3.8, 4) is 22.6 Å². The minimum atomic E-state index is -6.03. The molecule has 3 aromatic rings. The summed E-state index contributed by atoms with van der Waals surface area (Å²) in [4.78, 5) is 0. The normalized spacial score (nSPS) is 11.7. The molecule has 0 atom stereocenters. The van der Waals surface area contributed by atoms with Crippen LogP contribution in [0.1, 0.15) is 5.56 Å². The van der Waals surface area contributed by atoms with Gasteiger partial charge in [0.15, 0.2) is 58.0 Å². The summed E-state index contributed by atoms with van der Waals surface area (Å²) in [6.07, 6.45) is -6.03. The highest BCUT2D eigenvalue weighted by Gasteiger charge is 2.43. The molecule has 0 N–H and O–H groups in total. The Hall–Kier alpha value is -3.84. The molecule has 0 aromatic heterocycles. The van der Waals surface area contributed by atoms with Crippen LogP contribution in [-0.4, -0.2) is 7.32 Å². The van der Waals surface area contributed by atoms with E-state index in [1.807, 2.05) is 0 Å². The lowest BCUT2D eigenvalue weighted by molar-refractivity contribution is -0.236. The zero-order chi connectivity index (χ0) is 29.9. The second-order valence-electron chi connectivity index (χ2n) is 6.89. The van der Waals surface area contributed by atoms with E-state index in [-0.39, 0.29) is 0 Å². The molecule has 0 unspecified atom stereocenters.